The molecule has 0 spiro atoms. The molecule has 2 atom stereocenters. The number of piperazine rings is 1. The van der Waals surface area contributed by atoms with Gasteiger partial charge in [0, 0.05) is 26.2 Å². The SMILES string of the molecule is COc1ccccc1N1CCN(C(=O)CN2C(=O)[C@H]3CCCC[C@@H]3C2=O)CC1. The molecule has 3 aliphatic rings. The average Bonchev–Trinajstić information content (AvgIpc) is 2.99. The zero-order chi connectivity index (χ0) is 19.7. The van der Waals surface area contributed by atoms with Crippen molar-refractivity contribution in [2.24, 2.45) is 11.8 Å². The van der Waals surface area contributed by atoms with Gasteiger partial charge in [0.05, 0.1) is 24.6 Å². The number of ether oxygens (including phenoxy) is 1. The molecule has 7 nitrogen and oxygen atoms in total. The van der Waals surface area contributed by atoms with Crippen molar-refractivity contribution in [3.05, 3.63) is 24.3 Å². The molecular formula is C21H27N3O4. The van der Waals surface area contributed by atoms with Gasteiger partial charge in [-0.15, -0.1) is 0 Å². The van der Waals surface area contributed by atoms with Crippen LogP contribution in [0.4, 0.5) is 5.69 Å². The highest BCUT2D eigenvalue weighted by atomic mass is 16.5. The maximum absolute atomic E-state index is 12.8. The van der Waals surface area contributed by atoms with Gasteiger partial charge in [-0.1, -0.05) is 25.0 Å². The minimum atomic E-state index is -0.198. The molecule has 1 aliphatic carbocycles. The molecule has 1 aromatic carbocycles. The van der Waals surface area contributed by atoms with Crippen LogP contribution in [0, 0.1) is 11.8 Å². The van der Waals surface area contributed by atoms with Crippen LogP contribution in [0.15, 0.2) is 24.3 Å². The number of hydrogen-bond acceptors (Lipinski definition) is 5. The Morgan fingerprint density at radius 2 is 1.61 bits per heavy atom. The van der Waals surface area contributed by atoms with Crippen LogP contribution in [-0.4, -0.2) is 67.4 Å². The summed E-state index contributed by atoms with van der Waals surface area (Å²) in [4.78, 5) is 43.1. The average molecular weight is 385 g/mol. The summed E-state index contributed by atoms with van der Waals surface area (Å²) in [6, 6.07) is 7.85. The first-order valence-electron chi connectivity index (χ1n) is 10.1. The van der Waals surface area contributed by atoms with Crippen molar-refractivity contribution in [2.75, 3.05) is 44.7 Å². The van der Waals surface area contributed by atoms with E-state index >= 15 is 0 Å². The van der Waals surface area contributed by atoms with Crippen molar-refractivity contribution in [1.29, 1.82) is 0 Å². The lowest BCUT2D eigenvalue weighted by molar-refractivity contribution is -0.146. The van der Waals surface area contributed by atoms with Gasteiger partial charge in [0.2, 0.25) is 17.7 Å². The van der Waals surface area contributed by atoms with Gasteiger partial charge in [0.25, 0.3) is 0 Å². The van der Waals surface area contributed by atoms with Crippen LogP contribution in [-0.2, 0) is 14.4 Å². The fraction of sp³-hybridized carbons (Fsp3) is 0.571. The monoisotopic (exact) mass is 385 g/mol. The first-order chi connectivity index (χ1) is 13.6. The third kappa shape index (κ3) is 3.34. The Labute approximate surface area is 165 Å². The minimum Gasteiger partial charge on any atom is -0.495 e. The van der Waals surface area contributed by atoms with Crippen molar-refractivity contribution in [3.63, 3.8) is 0 Å². The molecule has 7 heteroatoms. The second-order valence-electron chi connectivity index (χ2n) is 7.80. The van der Waals surface area contributed by atoms with Crippen LogP contribution < -0.4 is 9.64 Å². The summed E-state index contributed by atoms with van der Waals surface area (Å²) in [7, 11) is 1.65. The number of methoxy groups -OCH3 is 1. The van der Waals surface area contributed by atoms with Crippen molar-refractivity contribution < 1.29 is 19.1 Å². The summed E-state index contributed by atoms with van der Waals surface area (Å²) >= 11 is 0. The third-order valence-corrected chi connectivity index (χ3v) is 6.28. The summed E-state index contributed by atoms with van der Waals surface area (Å²) in [5, 5.41) is 0. The predicted octanol–water partition coefficient (Wildman–Crippen LogP) is 1.52. The Kier molecular flexibility index (Phi) is 5.24. The minimum absolute atomic E-state index is 0.112. The summed E-state index contributed by atoms with van der Waals surface area (Å²) < 4.78 is 5.43. The lowest BCUT2D eigenvalue weighted by Gasteiger charge is -2.37. The summed E-state index contributed by atoms with van der Waals surface area (Å²) in [5.41, 5.74) is 1.02. The van der Waals surface area contributed by atoms with E-state index in [2.05, 4.69) is 4.90 Å². The van der Waals surface area contributed by atoms with Gasteiger partial charge >= 0.3 is 0 Å². The number of carbonyl (C=O) groups is 3. The molecule has 0 N–H and O–H groups in total. The van der Waals surface area contributed by atoms with E-state index in [-0.39, 0.29) is 36.1 Å². The zero-order valence-corrected chi connectivity index (χ0v) is 16.3. The van der Waals surface area contributed by atoms with E-state index in [1.165, 1.54) is 4.90 Å². The van der Waals surface area contributed by atoms with Crippen LogP contribution in [0.2, 0.25) is 0 Å². The fourth-order valence-corrected chi connectivity index (χ4v) is 4.71. The largest absolute Gasteiger partial charge is 0.495 e. The van der Waals surface area contributed by atoms with E-state index in [0.717, 1.165) is 37.1 Å². The molecule has 4 rings (SSSR count). The number of likely N-dealkylation sites (tertiary alicyclic amines) is 1. The van der Waals surface area contributed by atoms with Crippen LogP contribution in [0.3, 0.4) is 0 Å². The molecule has 0 aromatic heterocycles. The number of carbonyl (C=O) groups excluding carboxylic acids is 3. The van der Waals surface area contributed by atoms with E-state index in [1.54, 1.807) is 12.0 Å². The Bertz CT molecular complexity index is 749. The lowest BCUT2D eigenvalue weighted by Crippen LogP contribution is -2.52. The number of rotatable bonds is 4. The normalized spacial score (nSPS) is 25.1. The Morgan fingerprint density at radius 3 is 2.21 bits per heavy atom. The van der Waals surface area contributed by atoms with Crippen molar-refractivity contribution in [1.82, 2.24) is 9.80 Å². The standard InChI is InChI=1S/C21H27N3O4/c1-28-18-9-5-4-8-17(18)22-10-12-23(13-11-22)19(25)14-24-20(26)15-6-2-3-7-16(15)21(24)27/h4-5,8-9,15-16H,2-3,6-7,10-14H2,1H3/t15-,16-/m0/s1. The van der Waals surface area contributed by atoms with Crippen molar-refractivity contribution in [3.8, 4) is 5.75 Å². The van der Waals surface area contributed by atoms with E-state index < -0.39 is 0 Å². The molecule has 28 heavy (non-hydrogen) atoms. The van der Waals surface area contributed by atoms with Crippen molar-refractivity contribution >= 4 is 23.4 Å². The molecule has 0 unspecified atom stereocenters. The Morgan fingerprint density at radius 1 is 1.00 bits per heavy atom. The summed E-state index contributed by atoms with van der Waals surface area (Å²) in [6.07, 6.45) is 3.54. The fourth-order valence-electron chi connectivity index (χ4n) is 4.71. The number of benzene rings is 1. The van der Waals surface area contributed by atoms with E-state index in [0.29, 0.717) is 26.2 Å². The highest BCUT2D eigenvalue weighted by molar-refractivity contribution is 6.07. The maximum atomic E-state index is 12.8. The zero-order valence-electron chi connectivity index (χ0n) is 16.3. The van der Waals surface area contributed by atoms with Crippen LogP contribution in [0.5, 0.6) is 5.75 Å². The van der Waals surface area contributed by atoms with Gasteiger partial charge in [-0.05, 0) is 25.0 Å². The van der Waals surface area contributed by atoms with Crippen LogP contribution >= 0.6 is 0 Å². The highest BCUT2D eigenvalue weighted by Gasteiger charge is 2.48. The molecule has 1 aromatic rings. The molecule has 150 valence electrons. The lowest BCUT2D eigenvalue weighted by atomic mass is 9.81. The van der Waals surface area contributed by atoms with E-state index in [1.807, 2.05) is 24.3 Å². The van der Waals surface area contributed by atoms with E-state index in [4.69, 9.17) is 4.74 Å². The number of anilines is 1. The topological polar surface area (TPSA) is 70.2 Å². The molecule has 0 radical (unpaired) electrons. The Balaban J connectivity index is 1.36. The molecule has 3 amide bonds. The highest BCUT2D eigenvalue weighted by Crippen LogP contribution is 2.38. The number of amides is 3. The molecule has 3 fully saturated rings. The maximum Gasteiger partial charge on any atom is 0.242 e. The van der Waals surface area contributed by atoms with Gasteiger partial charge in [0.1, 0.15) is 12.3 Å². The quantitative estimate of drug-likeness (QED) is 0.735. The second kappa shape index (κ2) is 7.81. The molecule has 1 saturated carbocycles. The molecule has 0 bridgehead atoms. The molecular weight excluding hydrogens is 358 g/mol. The third-order valence-electron chi connectivity index (χ3n) is 6.28. The number of fused-ring (bicyclic) bond motifs is 1. The van der Waals surface area contributed by atoms with Crippen LogP contribution in [0.1, 0.15) is 25.7 Å². The Hall–Kier alpha value is -2.57. The van der Waals surface area contributed by atoms with Crippen LogP contribution in [0.25, 0.3) is 0 Å². The van der Waals surface area contributed by atoms with Gasteiger partial charge < -0.3 is 14.5 Å². The summed E-state index contributed by atoms with van der Waals surface area (Å²) in [6.45, 7) is 2.41. The smallest absolute Gasteiger partial charge is 0.242 e. The van der Waals surface area contributed by atoms with Gasteiger partial charge in [-0.3, -0.25) is 19.3 Å². The van der Waals surface area contributed by atoms with E-state index in [9.17, 15) is 14.4 Å². The van der Waals surface area contributed by atoms with Crippen molar-refractivity contribution in [2.45, 2.75) is 25.7 Å². The van der Waals surface area contributed by atoms with Gasteiger partial charge in [0.15, 0.2) is 0 Å². The number of para-hydroxylation sites is 2. The predicted molar refractivity (Wildman–Crippen MR) is 104 cm³/mol. The first kappa shape index (κ1) is 18.8. The second-order valence-corrected chi connectivity index (χ2v) is 7.80. The molecule has 2 heterocycles. The molecule has 2 saturated heterocycles. The summed E-state index contributed by atoms with van der Waals surface area (Å²) in [5.74, 6) is -0.00235. The molecule has 2 aliphatic heterocycles. The number of nitrogens with zero attached hydrogens (tertiary/aromatic N) is 3. The number of imide groups is 1. The van der Waals surface area contributed by atoms with Gasteiger partial charge in [-0.25, -0.2) is 0 Å². The number of hydrogen-bond donors (Lipinski definition) is 0. The van der Waals surface area contributed by atoms with Gasteiger partial charge in [-0.2, -0.15) is 0 Å². The first-order valence-corrected chi connectivity index (χ1v) is 10.1.